The smallest absolute Gasteiger partial charge is 0.348 e. The molecule has 0 unspecified atom stereocenters. The average molecular weight is 269 g/mol. The molecule has 1 aliphatic rings. The van der Waals surface area contributed by atoms with Crippen molar-refractivity contribution in [1.29, 1.82) is 0 Å². The second kappa shape index (κ2) is 6.31. The minimum absolute atomic E-state index is 0.183. The van der Waals surface area contributed by atoms with Crippen LogP contribution in [0.4, 0.5) is 0 Å². The molecule has 2 atom stereocenters. The summed E-state index contributed by atoms with van der Waals surface area (Å²) in [5.74, 6) is -0.288. The third kappa shape index (κ3) is 3.31. The lowest BCUT2D eigenvalue weighted by molar-refractivity contribution is 0.0606. The van der Waals surface area contributed by atoms with Crippen LogP contribution in [-0.4, -0.2) is 30.3 Å². The Labute approximate surface area is 111 Å². The van der Waals surface area contributed by atoms with Crippen LogP contribution >= 0.6 is 11.3 Å². The predicted octanol–water partition coefficient (Wildman–Crippen LogP) is 1.93. The lowest BCUT2D eigenvalue weighted by Gasteiger charge is -2.28. The quantitative estimate of drug-likeness (QED) is 0.820. The fraction of sp³-hybridized carbons (Fsp3) is 0.615. The SMILES string of the molecule is COC(=O)c1ccc(CN[C@@H]2CCCC[C@H]2O)s1. The number of aliphatic hydroxyl groups excluding tert-OH is 1. The Bertz CT molecular complexity index is 405. The molecule has 1 aliphatic carbocycles. The summed E-state index contributed by atoms with van der Waals surface area (Å²) < 4.78 is 4.67. The van der Waals surface area contributed by atoms with E-state index in [4.69, 9.17) is 0 Å². The Hall–Kier alpha value is -0.910. The summed E-state index contributed by atoms with van der Waals surface area (Å²) >= 11 is 1.44. The van der Waals surface area contributed by atoms with Crippen molar-refractivity contribution in [2.75, 3.05) is 7.11 Å². The Morgan fingerprint density at radius 3 is 3.00 bits per heavy atom. The zero-order valence-electron chi connectivity index (χ0n) is 10.5. The molecule has 2 N–H and O–H groups in total. The molecule has 0 aromatic carbocycles. The van der Waals surface area contributed by atoms with Crippen molar-refractivity contribution < 1.29 is 14.6 Å². The predicted molar refractivity (Wildman–Crippen MR) is 70.8 cm³/mol. The highest BCUT2D eigenvalue weighted by molar-refractivity contribution is 7.13. The normalized spacial score (nSPS) is 23.9. The summed E-state index contributed by atoms with van der Waals surface area (Å²) in [4.78, 5) is 13.0. The van der Waals surface area contributed by atoms with Crippen LogP contribution in [0.15, 0.2) is 12.1 Å². The molecular weight excluding hydrogens is 250 g/mol. The molecule has 0 saturated heterocycles. The number of hydrogen-bond acceptors (Lipinski definition) is 5. The van der Waals surface area contributed by atoms with E-state index in [1.165, 1.54) is 24.9 Å². The Morgan fingerprint density at radius 2 is 2.28 bits per heavy atom. The third-order valence-corrected chi connectivity index (χ3v) is 4.38. The van der Waals surface area contributed by atoms with Gasteiger partial charge in [-0.25, -0.2) is 4.79 Å². The van der Waals surface area contributed by atoms with Gasteiger partial charge in [0.25, 0.3) is 0 Å². The molecule has 1 aromatic rings. The Kier molecular flexibility index (Phi) is 4.74. The molecule has 4 nitrogen and oxygen atoms in total. The van der Waals surface area contributed by atoms with Crippen molar-refractivity contribution >= 4 is 17.3 Å². The topological polar surface area (TPSA) is 58.6 Å². The van der Waals surface area contributed by atoms with Crippen LogP contribution < -0.4 is 5.32 Å². The molecule has 1 saturated carbocycles. The van der Waals surface area contributed by atoms with Crippen LogP contribution in [0.3, 0.4) is 0 Å². The van der Waals surface area contributed by atoms with Crippen molar-refractivity contribution in [1.82, 2.24) is 5.32 Å². The maximum absolute atomic E-state index is 11.3. The van der Waals surface area contributed by atoms with Crippen LogP contribution in [0, 0.1) is 0 Å². The van der Waals surface area contributed by atoms with Crippen LogP contribution in [0.1, 0.15) is 40.2 Å². The first-order chi connectivity index (χ1) is 8.70. The number of nitrogens with one attached hydrogen (secondary N) is 1. The van der Waals surface area contributed by atoms with Crippen LogP contribution in [0.25, 0.3) is 0 Å². The first-order valence-corrected chi connectivity index (χ1v) is 7.11. The molecule has 0 amide bonds. The minimum Gasteiger partial charge on any atom is -0.465 e. The van der Waals surface area contributed by atoms with E-state index >= 15 is 0 Å². The summed E-state index contributed by atoms with van der Waals surface area (Å²) in [6, 6.07) is 3.90. The van der Waals surface area contributed by atoms with Crippen molar-refractivity contribution in [2.45, 2.75) is 44.4 Å². The van der Waals surface area contributed by atoms with Gasteiger partial charge in [-0.2, -0.15) is 0 Å². The maximum atomic E-state index is 11.3. The zero-order valence-corrected chi connectivity index (χ0v) is 11.3. The molecule has 1 heterocycles. The molecule has 2 rings (SSSR count). The minimum atomic E-state index is -0.288. The lowest BCUT2D eigenvalue weighted by Crippen LogP contribution is -2.41. The van der Waals surface area contributed by atoms with Gasteiger partial charge in [-0.15, -0.1) is 11.3 Å². The van der Waals surface area contributed by atoms with Crippen molar-refractivity contribution in [2.24, 2.45) is 0 Å². The molecular formula is C13H19NO3S. The van der Waals surface area contributed by atoms with Gasteiger partial charge in [0.05, 0.1) is 13.2 Å². The van der Waals surface area contributed by atoms with E-state index in [0.29, 0.717) is 11.4 Å². The van der Waals surface area contributed by atoms with Gasteiger partial charge in [0, 0.05) is 17.5 Å². The fourth-order valence-corrected chi connectivity index (χ4v) is 3.14. The van der Waals surface area contributed by atoms with Gasteiger partial charge in [-0.1, -0.05) is 12.8 Å². The van der Waals surface area contributed by atoms with E-state index in [0.717, 1.165) is 24.1 Å². The molecule has 0 bridgehead atoms. The number of ether oxygens (including phenoxy) is 1. The van der Waals surface area contributed by atoms with Crippen molar-refractivity contribution in [3.8, 4) is 0 Å². The highest BCUT2D eigenvalue weighted by Gasteiger charge is 2.22. The summed E-state index contributed by atoms with van der Waals surface area (Å²) in [6.45, 7) is 0.698. The summed E-state index contributed by atoms with van der Waals surface area (Å²) in [5.41, 5.74) is 0. The highest BCUT2D eigenvalue weighted by Crippen LogP contribution is 2.21. The van der Waals surface area contributed by atoms with Crippen molar-refractivity contribution in [3.05, 3.63) is 21.9 Å². The van der Waals surface area contributed by atoms with Gasteiger partial charge < -0.3 is 15.2 Å². The van der Waals surface area contributed by atoms with Gasteiger partial charge in [-0.3, -0.25) is 0 Å². The lowest BCUT2D eigenvalue weighted by atomic mass is 9.92. The summed E-state index contributed by atoms with van der Waals surface area (Å²) in [7, 11) is 1.39. The number of rotatable bonds is 4. The number of esters is 1. The third-order valence-electron chi connectivity index (χ3n) is 3.32. The standard InChI is InChI=1S/C13H19NO3S/c1-17-13(16)12-7-6-9(18-12)8-14-10-4-2-3-5-11(10)15/h6-7,10-11,14-15H,2-5,8H2,1H3/t10-,11-/m1/s1. The second-order valence-corrected chi connectivity index (χ2v) is 5.77. The fourth-order valence-electron chi connectivity index (χ4n) is 2.26. The number of aliphatic hydroxyl groups is 1. The molecule has 100 valence electrons. The molecule has 18 heavy (non-hydrogen) atoms. The number of carbonyl (C=O) groups is 1. The molecule has 1 fully saturated rings. The largest absolute Gasteiger partial charge is 0.465 e. The number of thiophene rings is 1. The van der Waals surface area contributed by atoms with Gasteiger partial charge in [-0.05, 0) is 25.0 Å². The van der Waals surface area contributed by atoms with Gasteiger partial charge in [0.15, 0.2) is 0 Å². The van der Waals surface area contributed by atoms with E-state index in [-0.39, 0.29) is 18.1 Å². The first kappa shape index (κ1) is 13.5. The summed E-state index contributed by atoms with van der Waals surface area (Å²) in [6.07, 6.45) is 3.96. The van der Waals surface area contributed by atoms with E-state index < -0.39 is 0 Å². The zero-order chi connectivity index (χ0) is 13.0. The van der Waals surface area contributed by atoms with Crippen LogP contribution in [0.5, 0.6) is 0 Å². The van der Waals surface area contributed by atoms with Crippen LogP contribution in [-0.2, 0) is 11.3 Å². The number of carbonyl (C=O) groups excluding carboxylic acids is 1. The summed E-state index contributed by atoms with van der Waals surface area (Å²) in [5, 5.41) is 13.2. The first-order valence-electron chi connectivity index (χ1n) is 6.29. The van der Waals surface area contributed by atoms with Gasteiger partial charge in [0.2, 0.25) is 0 Å². The maximum Gasteiger partial charge on any atom is 0.348 e. The highest BCUT2D eigenvalue weighted by atomic mass is 32.1. The van der Waals surface area contributed by atoms with E-state index in [1.54, 1.807) is 6.07 Å². The molecule has 5 heteroatoms. The average Bonchev–Trinajstić information content (AvgIpc) is 2.86. The molecule has 0 radical (unpaired) electrons. The van der Waals surface area contributed by atoms with Crippen LogP contribution in [0.2, 0.25) is 0 Å². The van der Waals surface area contributed by atoms with E-state index in [2.05, 4.69) is 10.1 Å². The second-order valence-electron chi connectivity index (χ2n) is 4.60. The van der Waals surface area contributed by atoms with Crippen molar-refractivity contribution in [3.63, 3.8) is 0 Å². The molecule has 0 spiro atoms. The molecule has 0 aliphatic heterocycles. The van der Waals surface area contributed by atoms with E-state index in [9.17, 15) is 9.90 Å². The Balaban J connectivity index is 1.86. The van der Waals surface area contributed by atoms with Gasteiger partial charge in [0.1, 0.15) is 4.88 Å². The van der Waals surface area contributed by atoms with E-state index in [1.807, 2.05) is 6.07 Å². The number of hydrogen-bond donors (Lipinski definition) is 2. The monoisotopic (exact) mass is 269 g/mol. The Morgan fingerprint density at radius 1 is 1.50 bits per heavy atom. The molecule has 1 aromatic heterocycles. The van der Waals surface area contributed by atoms with Gasteiger partial charge >= 0.3 is 5.97 Å². The number of methoxy groups -OCH3 is 1.